The van der Waals surface area contributed by atoms with Gasteiger partial charge in [-0.2, -0.15) is 0 Å². The summed E-state index contributed by atoms with van der Waals surface area (Å²) in [6, 6.07) is 1.35. The molecule has 16 heteroatoms. The average Bonchev–Trinajstić information content (AvgIpc) is 3.28. The Labute approximate surface area is 216 Å². The molecule has 3 heterocycles. The molecule has 2 fully saturated rings. The van der Waals surface area contributed by atoms with Crippen molar-refractivity contribution in [3.8, 4) is 11.3 Å². The van der Waals surface area contributed by atoms with Crippen LogP contribution >= 0.6 is 11.6 Å². The molecule has 0 spiro atoms. The molecular weight excluding hydrogens is 543 g/mol. The van der Waals surface area contributed by atoms with Gasteiger partial charge in [-0.25, -0.2) is 31.3 Å². The molecule has 0 bridgehead atoms. The maximum atomic E-state index is 14.5. The van der Waals surface area contributed by atoms with Crippen molar-refractivity contribution in [2.45, 2.75) is 54.8 Å². The van der Waals surface area contributed by atoms with Gasteiger partial charge in [-0.15, -0.1) is 10.2 Å². The van der Waals surface area contributed by atoms with Crippen LogP contribution in [-0.4, -0.2) is 90.9 Å². The molecular formula is C22H22ClF5N6O4. The van der Waals surface area contributed by atoms with Gasteiger partial charge in [-0.3, -0.25) is 0 Å². The fourth-order valence-electron chi connectivity index (χ4n) is 4.78. The number of nitrogens with zero attached hydrogens (tertiary/aromatic N) is 6. The number of aliphatic hydroxyl groups excluding tert-OH is 2. The molecule has 10 nitrogen and oxygen atoms in total. The zero-order valence-corrected chi connectivity index (χ0v) is 20.4. The molecule has 1 aromatic carbocycles. The van der Waals surface area contributed by atoms with Crippen LogP contribution in [0.4, 0.5) is 22.0 Å². The summed E-state index contributed by atoms with van der Waals surface area (Å²) in [7, 11) is 1.33. The molecule has 38 heavy (non-hydrogen) atoms. The average molecular weight is 565 g/mol. The van der Waals surface area contributed by atoms with Gasteiger partial charge in [0.15, 0.2) is 17.2 Å². The molecule has 1 aliphatic heterocycles. The van der Waals surface area contributed by atoms with Crippen molar-refractivity contribution in [2.75, 3.05) is 20.4 Å². The Morgan fingerprint density at radius 2 is 1.89 bits per heavy atom. The number of aromatic nitrogens is 6. The number of halogens is 6. The van der Waals surface area contributed by atoms with Gasteiger partial charge in [0.2, 0.25) is 0 Å². The van der Waals surface area contributed by atoms with E-state index in [4.69, 9.17) is 21.1 Å². The second kappa shape index (κ2) is 9.79. The third-order valence-corrected chi connectivity index (χ3v) is 7.34. The lowest BCUT2D eigenvalue weighted by molar-refractivity contribution is -0.212. The lowest BCUT2D eigenvalue weighted by Gasteiger charge is -2.43. The first kappa shape index (κ1) is 26.9. The van der Waals surface area contributed by atoms with Crippen molar-refractivity contribution in [3.05, 3.63) is 46.9 Å². The van der Waals surface area contributed by atoms with Crippen LogP contribution in [0.25, 0.3) is 11.3 Å². The molecule has 0 radical (unpaired) electrons. The van der Waals surface area contributed by atoms with Crippen LogP contribution in [0.5, 0.6) is 0 Å². The number of hydrogen-bond donors (Lipinski definition) is 2. The van der Waals surface area contributed by atoms with Crippen LogP contribution in [0.2, 0.25) is 5.02 Å². The molecule has 1 aliphatic carbocycles. The third-order valence-electron chi connectivity index (χ3n) is 7.04. The number of alkyl halides is 3. The number of rotatable bonds is 8. The summed E-state index contributed by atoms with van der Waals surface area (Å²) in [5.41, 5.74) is -2.18. The van der Waals surface area contributed by atoms with Gasteiger partial charge in [0.05, 0.1) is 29.6 Å². The van der Waals surface area contributed by atoms with Gasteiger partial charge < -0.3 is 19.7 Å². The molecule has 6 atom stereocenters. The Balaban J connectivity index is 1.43. The summed E-state index contributed by atoms with van der Waals surface area (Å²) in [4.78, 5) is 0. The van der Waals surface area contributed by atoms with E-state index in [1.807, 2.05) is 0 Å². The number of aliphatic hydroxyl groups is 2. The molecule has 2 N–H and O–H groups in total. The minimum Gasteiger partial charge on any atom is -0.394 e. The van der Waals surface area contributed by atoms with Gasteiger partial charge >= 0.3 is 0 Å². The SMILES string of the molecule is CO[C@@H]1[C@@H](n2cc(-c3ccc(Cl)c(F)c3F)nn2)[C@@H](O)[C@@H](CO)O[C@@H]1Cc1cn(C2(CF)CC2(F)F)nn1. The molecule has 206 valence electrons. The molecule has 1 saturated carbocycles. The van der Waals surface area contributed by atoms with Gasteiger partial charge in [-0.1, -0.05) is 22.0 Å². The Hall–Kier alpha value is -2.72. The summed E-state index contributed by atoms with van der Waals surface area (Å²) in [5.74, 6) is -5.74. The highest BCUT2D eigenvalue weighted by molar-refractivity contribution is 6.30. The normalized spacial score (nSPS) is 30.5. The lowest BCUT2D eigenvalue weighted by atomic mass is 9.90. The molecule has 2 aromatic heterocycles. The van der Waals surface area contributed by atoms with Crippen molar-refractivity contribution in [2.24, 2.45) is 0 Å². The topological polar surface area (TPSA) is 120 Å². The highest BCUT2D eigenvalue weighted by Gasteiger charge is 2.74. The van der Waals surface area contributed by atoms with Crippen LogP contribution in [-0.2, 0) is 21.4 Å². The van der Waals surface area contributed by atoms with E-state index >= 15 is 0 Å². The van der Waals surface area contributed by atoms with Gasteiger partial charge in [0.1, 0.15) is 36.7 Å². The fourth-order valence-corrected chi connectivity index (χ4v) is 4.93. The van der Waals surface area contributed by atoms with Crippen LogP contribution < -0.4 is 0 Å². The zero-order chi connectivity index (χ0) is 27.4. The van der Waals surface area contributed by atoms with Gasteiger partial charge in [0, 0.05) is 31.7 Å². The maximum absolute atomic E-state index is 14.5. The summed E-state index contributed by atoms with van der Waals surface area (Å²) >= 11 is 5.61. The quantitative estimate of drug-likeness (QED) is 0.315. The van der Waals surface area contributed by atoms with E-state index in [0.29, 0.717) is 0 Å². The van der Waals surface area contributed by atoms with E-state index in [1.54, 1.807) is 0 Å². The minimum absolute atomic E-state index is 0.0615. The minimum atomic E-state index is -3.25. The molecule has 5 rings (SSSR count). The molecule has 3 aromatic rings. The number of hydrogen-bond acceptors (Lipinski definition) is 8. The van der Waals surface area contributed by atoms with E-state index in [2.05, 4.69) is 20.6 Å². The molecule has 1 unspecified atom stereocenters. The van der Waals surface area contributed by atoms with E-state index in [0.717, 1.165) is 10.7 Å². The number of methoxy groups -OCH3 is 1. The Kier molecular flexibility index (Phi) is 6.92. The van der Waals surface area contributed by atoms with Crippen molar-refractivity contribution >= 4 is 11.6 Å². The second-order valence-electron chi connectivity index (χ2n) is 9.29. The molecule has 0 amide bonds. The van der Waals surface area contributed by atoms with Crippen LogP contribution in [0, 0.1) is 11.6 Å². The third kappa shape index (κ3) is 4.25. The summed E-state index contributed by atoms with van der Waals surface area (Å²) in [6.07, 6.45) is -2.69. The second-order valence-corrected chi connectivity index (χ2v) is 9.70. The molecule has 1 saturated heterocycles. The van der Waals surface area contributed by atoms with Crippen LogP contribution in [0.15, 0.2) is 24.5 Å². The predicted octanol–water partition coefficient (Wildman–Crippen LogP) is 2.09. The van der Waals surface area contributed by atoms with Gasteiger partial charge in [-0.05, 0) is 12.1 Å². The Bertz CT molecular complexity index is 1330. The first-order valence-corrected chi connectivity index (χ1v) is 11.8. The first-order chi connectivity index (χ1) is 18.1. The predicted molar refractivity (Wildman–Crippen MR) is 119 cm³/mol. The van der Waals surface area contributed by atoms with E-state index in [9.17, 15) is 32.2 Å². The van der Waals surface area contributed by atoms with Crippen molar-refractivity contribution in [1.82, 2.24) is 30.0 Å². The van der Waals surface area contributed by atoms with Crippen LogP contribution in [0.3, 0.4) is 0 Å². The van der Waals surface area contributed by atoms with Crippen molar-refractivity contribution in [3.63, 3.8) is 0 Å². The highest BCUT2D eigenvalue weighted by Crippen LogP contribution is 2.58. The first-order valence-electron chi connectivity index (χ1n) is 11.4. The van der Waals surface area contributed by atoms with E-state index in [-0.39, 0.29) is 23.4 Å². The fraction of sp³-hybridized carbons (Fsp3) is 0.545. The summed E-state index contributed by atoms with van der Waals surface area (Å²) < 4.78 is 82.8. The number of benzene rings is 1. The largest absolute Gasteiger partial charge is 0.394 e. The Morgan fingerprint density at radius 3 is 2.53 bits per heavy atom. The standard InChI is InChI=1S/C22H22ClF5N6O4/c1-37-20-14(4-10-5-34(32-29-10)21(9-24)8-22(21,27)28)38-15(7-35)19(36)18(20)33-6-13(30-31-33)11-2-3-12(23)17(26)16(11)25/h2-3,5-6,14-15,18-20,35-36H,4,7-9H2,1H3/t14-,15-,18+,19+,20+,21?/m1/s1. The summed E-state index contributed by atoms with van der Waals surface area (Å²) in [6.45, 7) is -1.93. The van der Waals surface area contributed by atoms with Gasteiger partial charge in [0.25, 0.3) is 5.92 Å². The zero-order valence-electron chi connectivity index (χ0n) is 19.7. The van der Waals surface area contributed by atoms with Crippen molar-refractivity contribution in [1.29, 1.82) is 0 Å². The lowest BCUT2D eigenvalue weighted by Crippen LogP contribution is -2.57. The number of ether oxygens (including phenoxy) is 2. The van der Waals surface area contributed by atoms with Crippen molar-refractivity contribution < 1.29 is 41.6 Å². The van der Waals surface area contributed by atoms with E-state index in [1.165, 1.54) is 30.3 Å². The van der Waals surface area contributed by atoms with E-state index < -0.39 is 78.3 Å². The maximum Gasteiger partial charge on any atom is 0.278 e. The highest BCUT2D eigenvalue weighted by atomic mass is 35.5. The molecule has 2 aliphatic rings. The monoisotopic (exact) mass is 564 g/mol. The van der Waals surface area contributed by atoms with Crippen LogP contribution in [0.1, 0.15) is 18.2 Å². The Morgan fingerprint density at radius 1 is 1.16 bits per heavy atom. The summed E-state index contributed by atoms with van der Waals surface area (Å²) in [5, 5.41) is 35.7. The smallest absolute Gasteiger partial charge is 0.278 e.